The quantitative estimate of drug-likeness (QED) is 0.758. The lowest BCUT2D eigenvalue weighted by Gasteiger charge is -2.26. The van der Waals surface area contributed by atoms with Gasteiger partial charge in [0.25, 0.3) is 0 Å². The van der Waals surface area contributed by atoms with Crippen molar-refractivity contribution >= 4 is 10.0 Å². The molecule has 90 valence electrons. The van der Waals surface area contributed by atoms with E-state index in [0.29, 0.717) is 0 Å². The van der Waals surface area contributed by atoms with E-state index in [-0.39, 0.29) is 5.82 Å². The van der Waals surface area contributed by atoms with E-state index >= 15 is 0 Å². The van der Waals surface area contributed by atoms with E-state index < -0.39 is 20.9 Å². The standard InChI is InChI=1S/C9H15N3O3S/c1-6-4-11-8(12-5-6)9(3,13)7(2)16(10,14)15/h4-5,7,13H,1-3H3,(H2,10,14,15)/t7-,9+/m1/s1. The van der Waals surface area contributed by atoms with E-state index in [2.05, 4.69) is 9.97 Å². The van der Waals surface area contributed by atoms with Crippen molar-refractivity contribution in [2.24, 2.45) is 5.14 Å². The molecule has 7 heteroatoms. The minimum absolute atomic E-state index is 0.0413. The van der Waals surface area contributed by atoms with Crippen LogP contribution < -0.4 is 5.14 Å². The minimum Gasteiger partial charge on any atom is -0.381 e. The molecule has 0 aromatic carbocycles. The molecule has 1 heterocycles. The van der Waals surface area contributed by atoms with Gasteiger partial charge in [-0.1, -0.05) is 0 Å². The Hall–Kier alpha value is -1.05. The maximum atomic E-state index is 11.2. The summed E-state index contributed by atoms with van der Waals surface area (Å²) in [5.74, 6) is 0.0413. The highest BCUT2D eigenvalue weighted by atomic mass is 32.2. The first-order chi connectivity index (χ1) is 7.15. The van der Waals surface area contributed by atoms with E-state index in [1.807, 2.05) is 0 Å². The molecule has 0 bridgehead atoms. The second-order valence-corrected chi connectivity index (χ2v) is 5.85. The summed E-state index contributed by atoms with van der Waals surface area (Å²) in [4.78, 5) is 7.81. The van der Waals surface area contributed by atoms with Crippen molar-refractivity contribution < 1.29 is 13.5 Å². The first-order valence-electron chi connectivity index (χ1n) is 4.69. The molecule has 0 spiro atoms. The number of nitrogens with zero attached hydrogens (tertiary/aromatic N) is 2. The summed E-state index contributed by atoms with van der Waals surface area (Å²) in [6, 6.07) is 0. The molecule has 3 N–H and O–H groups in total. The first kappa shape index (κ1) is 13.0. The summed E-state index contributed by atoms with van der Waals surface area (Å²) in [7, 11) is -3.85. The molecule has 0 aliphatic carbocycles. The highest BCUT2D eigenvalue weighted by molar-refractivity contribution is 7.89. The molecule has 6 nitrogen and oxygen atoms in total. The van der Waals surface area contributed by atoms with Gasteiger partial charge in [-0.05, 0) is 26.3 Å². The molecule has 0 aliphatic heterocycles. The summed E-state index contributed by atoms with van der Waals surface area (Å²) in [6.07, 6.45) is 3.01. The molecule has 0 fully saturated rings. The van der Waals surface area contributed by atoms with Crippen LogP contribution in [-0.4, -0.2) is 28.7 Å². The van der Waals surface area contributed by atoms with Gasteiger partial charge >= 0.3 is 0 Å². The SMILES string of the molecule is Cc1cnc([C@@](C)(O)[C@@H](C)S(N)(=O)=O)nc1. The number of aliphatic hydroxyl groups is 1. The molecule has 0 saturated heterocycles. The van der Waals surface area contributed by atoms with Crippen molar-refractivity contribution in [1.29, 1.82) is 0 Å². The van der Waals surface area contributed by atoms with E-state index in [1.165, 1.54) is 26.2 Å². The van der Waals surface area contributed by atoms with Crippen LogP contribution in [0.15, 0.2) is 12.4 Å². The van der Waals surface area contributed by atoms with Crippen LogP contribution in [0.4, 0.5) is 0 Å². The number of primary sulfonamides is 1. The zero-order valence-corrected chi connectivity index (χ0v) is 10.2. The fourth-order valence-corrected chi connectivity index (χ4v) is 1.90. The Kier molecular flexibility index (Phi) is 3.32. The van der Waals surface area contributed by atoms with Gasteiger partial charge in [0, 0.05) is 12.4 Å². The second kappa shape index (κ2) is 4.08. The number of rotatable bonds is 3. The Morgan fingerprint density at radius 1 is 1.44 bits per heavy atom. The van der Waals surface area contributed by atoms with Gasteiger partial charge in [0.05, 0.1) is 0 Å². The Labute approximate surface area is 94.6 Å². The van der Waals surface area contributed by atoms with Crippen LogP contribution in [0.1, 0.15) is 25.2 Å². The average Bonchev–Trinajstić information content (AvgIpc) is 2.16. The van der Waals surface area contributed by atoms with Crippen molar-refractivity contribution in [2.75, 3.05) is 0 Å². The maximum Gasteiger partial charge on any atom is 0.215 e. The number of nitrogens with two attached hydrogens (primary N) is 1. The van der Waals surface area contributed by atoms with Crippen molar-refractivity contribution in [3.8, 4) is 0 Å². The van der Waals surface area contributed by atoms with Crippen LogP contribution in [0, 0.1) is 6.92 Å². The third kappa shape index (κ3) is 2.55. The highest BCUT2D eigenvalue weighted by Crippen LogP contribution is 2.24. The topological polar surface area (TPSA) is 106 Å². The fourth-order valence-electron chi connectivity index (χ4n) is 1.16. The molecule has 16 heavy (non-hydrogen) atoms. The summed E-state index contributed by atoms with van der Waals surface area (Å²) in [5.41, 5.74) is -0.885. The maximum absolute atomic E-state index is 11.2. The van der Waals surface area contributed by atoms with Gasteiger partial charge in [0.15, 0.2) is 5.82 Å². The largest absolute Gasteiger partial charge is 0.381 e. The van der Waals surface area contributed by atoms with Gasteiger partial charge in [0.2, 0.25) is 10.0 Å². The molecule has 0 unspecified atom stereocenters. The van der Waals surface area contributed by atoms with Crippen molar-refractivity contribution in [3.05, 3.63) is 23.8 Å². The second-order valence-electron chi connectivity index (χ2n) is 3.96. The van der Waals surface area contributed by atoms with Gasteiger partial charge in [-0.15, -0.1) is 0 Å². The lowest BCUT2D eigenvalue weighted by Crippen LogP contribution is -2.44. The number of aromatic nitrogens is 2. The number of sulfonamides is 1. The third-order valence-electron chi connectivity index (χ3n) is 2.52. The Bertz CT molecular complexity index is 467. The number of hydrogen-bond donors (Lipinski definition) is 2. The van der Waals surface area contributed by atoms with E-state index in [1.54, 1.807) is 6.92 Å². The van der Waals surface area contributed by atoms with Crippen molar-refractivity contribution in [3.63, 3.8) is 0 Å². The number of aryl methyl sites for hydroxylation is 1. The van der Waals surface area contributed by atoms with Gasteiger partial charge < -0.3 is 5.11 Å². The summed E-state index contributed by atoms with van der Waals surface area (Å²) in [6.45, 7) is 4.44. The molecular weight excluding hydrogens is 230 g/mol. The lowest BCUT2D eigenvalue weighted by atomic mass is 10.0. The summed E-state index contributed by atoms with van der Waals surface area (Å²) >= 11 is 0. The highest BCUT2D eigenvalue weighted by Gasteiger charge is 2.40. The molecule has 2 atom stereocenters. The van der Waals surface area contributed by atoms with Crippen molar-refractivity contribution in [1.82, 2.24) is 9.97 Å². The van der Waals surface area contributed by atoms with Crippen LogP contribution >= 0.6 is 0 Å². The van der Waals surface area contributed by atoms with Gasteiger partial charge in [-0.3, -0.25) is 0 Å². The molecule has 0 saturated carbocycles. The third-order valence-corrected chi connectivity index (χ3v) is 3.96. The van der Waals surface area contributed by atoms with Crippen LogP contribution in [0.5, 0.6) is 0 Å². The predicted octanol–water partition coefficient (Wildman–Crippen LogP) is -0.330. The zero-order valence-electron chi connectivity index (χ0n) is 9.38. The monoisotopic (exact) mass is 245 g/mol. The lowest BCUT2D eigenvalue weighted by molar-refractivity contribution is 0.0469. The molecule has 0 aliphatic rings. The smallest absolute Gasteiger partial charge is 0.215 e. The van der Waals surface area contributed by atoms with Crippen LogP contribution in [0.25, 0.3) is 0 Å². The molecule has 1 aromatic heterocycles. The Morgan fingerprint density at radius 2 is 1.88 bits per heavy atom. The molecule has 1 aromatic rings. The van der Waals surface area contributed by atoms with Crippen LogP contribution in [-0.2, 0) is 15.6 Å². The van der Waals surface area contributed by atoms with E-state index in [9.17, 15) is 13.5 Å². The predicted molar refractivity (Wildman–Crippen MR) is 58.9 cm³/mol. The van der Waals surface area contributed by atoms with E-state index in [4.69, 9.17) is 5.14 Å². The minimum atomic E-state index is -3.85. The number of hydrogen-bond acceptors (Lipinski definition) is 5. The first-order valence-corrected chi connectivity index (χ1v) is 6.29. The van der Waals surface area contributed by atoms with Crippen LogP contribution in [0.3, 0.4) is 0 Å². The van der Waals surface area contributed by atoms with Crippen molar-refractivity contribution in [2.45, 2.75) is 31.6 Å². The summed E-state index contributed by atoms with van der Waals surface area (Å²) < 4.78 is 22.4. The molecular formula is C9H15N3O3S. The van der Waals surface area contributed by atoms with Crippen LogP contribution in [0.2, 0.25) is 0 Å². The van der Waals surface area contributed by atoms with Gasteiger partial charge in [-0.25, -0.2) is 23.5 Å². The average molecular weight is 245 g/mol. The summed E-state index contributed by atoms with van der Waals surface area (Å²) in [5, 5.41) is 13.9. The zero-order chi connectivity index (χ0) is 12.6. The Balaban J connectivity index is 3.16. The van der Waals surface area contributed by atoms with Gasteiger partial charge in [0.1, 0.15) is 10.9 Å². The molecule has 0 radical (unpaired) electrons. The molecule has 0 amide bonds. The van der Waals surface area contributed by atoms with E-state index in [0.717, 1.165) is 5.56 Å². The normalized spacial score (nSPS) is 17.8. The fraction of sp³-hybridized carbons (Fsp3) is 0.556. The Morgan fingerprint density at radius 3 is 2.25 bits per heavy atom. The molecule has 1 rings (SSSR count). The van der Waals surface area contributed by atoms with Gasteiger partial charge in [-0.2, -0.15) is 0 Å².